The molecule has 1 aromatic carbocycles. The number of carbonyl (C=O) groups is 3. The molecule has 3 amide bonds. The topological polar surface area (TPSA) is 163 Å². The summed E-state index contributed by atoms with van der Waals surface area (Å²) in [4.78, 5) is 50.7. The zero-order valence-corrected chi connectivity index (χ0v) is 25.3. The summed E-state index contributed by atoms with van der Waals surface area (Å²) >= 11 is 0. The summed E-state index contributed by atoms with van der Waals surface area (Å²) in [6, 6.07) is 9.64. The molecule has 2 aromatic rings. The van der Waals surface area contributed by atoms with Crippen LogP contribution in [0.1, 0.15) is 42.4 Å². The molecule has 5 N–H and O–H groups in total. The van der Waals surface area contributed by atoms with Gasteiger partial charge in [0.1, 0.15) is 17.8 Å². The Morgan fingerprint density at radius 3 is 2.56 bits per heavy atom. The van der Waals surface area contributed by atoms with Crippen LogP contribution in [0.4, 0.5) is 10.6 Å². The number of amides is 3. The second-order valence-corrected chi connectivity index (χ2v) is 12.3. The molecule has 13 heteroatoms. The summed E-state index contributed by atoms with van der Waals surface area (Å²) in [5.74, 6) is -0.334. The highest BCUT2D eigenvalue weighted by atomic mass is 16.4. The van der Waals surface area contributed by atoms with Gasteiger partial charge in [0.15, 0.2) is 0 Å². The average molecular weight is 597 g/mol. The quantitative estimate of drug-likeness (QED) is 0.251. The summed E-state index contributed by atoms with van der Waals surface area (Å²) in [5, 5.41) is 28.6. The molecule has 234 valence electrons. The van der Waals surface area contributed by atoms with E-state index in [9.17, 15) is 24.6 Å². The van der Waals surface area contributed by atoms with E-state index in [1.165, 1.54) is 28.4 Å². The third-order valence-electron chi connectivity index (χ3n) is 7.97. The van der Waals surface area contributed by atoms with E-state index in [1.54, 1.807) is 0 Å². The third-order valence-corrected chi connectivity index (χ3v) is 7.97. The number of anilines is 1. The highest BCUT2D eigenvalue weighted by Gasteiger charge is 2.37. The van der Waals surface area contributed by atoms with E-state index in [2.05, 4.69) is 47.9 Å². The molecule has 2 aliphatic rings. The van der Waals surface area contributed by atoms with Crippen LogP contribution in [0.25, 0.3) is 0 Å². The molecule has 43 heavy (non-hydrogen) atoms. The fraction of sp³-hybridized carbons (Fsp3) is 0.567. The van der Waals surface area contributed by atoms with Crippen molar-refractivity contribution in [1.29, 1.82) is 0 Å². The number of carbonyl (C=O) groups excluding carboxylic acids is 2. The van der Waals surface area contributed by atoms with Crippen molar-refractivity contribution < 1.29 is 24.6 Å². The summed E-state index contributed by atoms with van der Waals surface area (Å²) in [6.45, 7) is 10.9. The number of benzene rings is 1. The maximum Gasteiger partial charge on any atom is 0.407 e. The van der Waals surface area contributed by atoms with Crippen LogP contribution in [0.15, 0.2) is 36.7 Å². The SMILES string of the molecule is CC(C)(C)C1CN(CCNC(=O)CNc2cc(C(=O)NCC(O)CN3CCc4ccccc4C3)ncn2)CCN1C(=O)O. The lowest BCUT2D eigenvalue weighted by Gasteiger charge is -2.46. The van der Waals surface area contributed by atoms with Crippen molar-refractivity contribution in [3.8, 4) is 0 Å². The number of rotatable bonds is 11. The molecule has 0 bridgehead atoms. The molecule has 2 unspecified atom stereocenters. The number of β-amino-alcohol motifs (C(OH)–C–C–N with tert-alkyl or cyclic N) is 1. The van der Waals surface area contributed by atoms with Crippen molar-refractivity contribution in [2.75, 3.05) is 64.2 Å². The molecule has 2 aliphatic heterocycles. The van der Waals surface area contributed by atoms with Crippen molar-refractivity contribution in [2.45, 2.75) is 45.9 Å². The summed E-state index contributed by atoms with van der Waals surface area (Å²) in [6.07, 6.45) is 0.562. The Labute approximate surface area is 252 Å². The summed E-state index contributed by atoms with van der Waals surface area (Å²) in [5.41, 5.74) is 2.54. The number of aromatic nitrogens is 2. The molecule has 1 saturated heterocycles. The largest absolute Gasteiger partial charge is 0.465 e. The first-order chi connectivity index (χ1) is 20.5. The minimum atomic E-state index is -0.901. The third kappa shape index (κ3) is 9.34. The Balaban J connectivity index is 1.15. The van der Waals surface area contributed by atoms with Gasteiger partial charge in [-0.1, -0.05) is 45.0 Å². The van der Waals surface area contributed by atoms with Gasteiger partial charge in [0.05, 0.1) is 18.7 Å². The molecule has 13 nitrogen and oxygen atoms in total. The molecule has 0 saturated carbocycles. The number of piperazine rings is 1. The van der Waals surface area contributed by atoms with Gasteiger partial charge >= 0.3 is 6.09 Å². The van der Waals surface area contributed by atoms with Gasteiger partial charge in [0.25, 0.3) is 5.91 Å². The van der Waals surface area contributed by atoms with Crippen molar-refractivity contribution in [1.82, 2.24) is 35.3 Å². The van der Waals surface area contributed by atoms with E-state index in [1.807, 2.05) is 32.9 Å². The fourth-order valence-corrected chi connectivity index (χ4v) is 5.55. The molecular formula is C30H44N8O5. The minimum absolute atomic E-state index is 0.0346. The molecule has 1 fully saturated rings. The Hall–Kier alpha value is -3.81. The van der Waals surface area contributed by atoms with Gasteiger partial charge in [-0.15, -0.1) is 0 Å². The predicted molar refractivity (Wildman–Crippen MR) is 162 cm³/mol. The molecule has 1 aromatic heterocycles. The monoisotopic (exact) mass is 596 g/mol. The Morgan fingerprint density at radius 2 is 1.81 bits per heavy atom. The van der Waals surface area contributed by atoms with Gasteiger partial charge < -0.3 is 31.1 Å². The normalized spacial score (nSPS) is 18.4. The van der Waals surface area contributed by atoms with E-state index in [-0.39, 0.29) is 36.1 Å². The summed E-state index contributed by atoms with van der Waals surface area (Å²) in [7, 11) is 0. The van der Waals surface area contributed by atoms with E-state index in [0.29, 0.717) is 45.1 Å². The lowest BCUT2D eigenvalue weighted by atomic mass is 9.84. The molecule has 3 heterocycles. The maximum atomic E-state index is 12.7. The molecular weight excluding hydrogens is 552 g/mol. The van der Waals surface area contributed by atoms with Gasteiger partial charge in [0.2, 0.25) is 5.91 Å². The van der Waals surface area contributed by atoms with Crippen molar-refractivity contribution in [3.05, 3.63) is 53.5 Å². The number of hydrogen-bond donors (Lipinski definition) is 5. The number of nitrogens with zero attached hydrogens (tertiary/aromatic N) is 5. The second-order valence-electron chi connectivity index (χ2n) is 12.3. The van der Waals surface area contributed by atoms with Crippen LogP contribution in [-0.4, -0.2) is 124 Å². The van der Waals surface area contributed by atoms with Crippen LogP contribution in [0, 0.1) is 5.41 Å². The minimum Gasteiger partial charge on any atom is -0.465 e. The van der Waals surface area contributed by atoms with Gasteiger partial charge in [0, 0.05) is 65.0 Å². The average Bonchev–Trinajstić information content (AvgIpc) is 2.98. The first-order valence-electron chi connectivity index (χ1n) is 14.8. The lowest BCUT2D eigenvalue weighted by molar-refractivity contribution is -0.119. The number of fused-ring (bicyclic) bond motifs is 1. The highest BCUT2D eigenvalue weighted by molar-refractivity contribution is 5.93. The van der Waals surface area contributed by atoms with Gasteiger partial charge in [-0.3, -0.25) is 19.4 Å². The maximum absolute atomic E-state index is 12.7. The Kier molecular flexibility index (Phi) is 10.9. The molecule has 2 atom stereocenters. The van der Waals surface area contributed by atoms with E-state index >= 15 is 0 Å². The summed E-state index contributed by atoms with van der Waals surface area (Å²) < 4.78 is 0. The predicted octanol–water partition coefficient (Wildman–Crippen LogP) is 0.864. The van der Waals surface area contributed by atoms with Gasteiger partial charge in [-0.25, -0.2) is 14.8 Å². The second kappa shape index (κ2) is 14.6. The fourth-order valence-electron chi connectivity index (χ4n) is 5.55. The molecule has 0 radical (unpaired) electrons. The number of aliphatic hydroxyl groups is 1. The zero-order chi connectivity index (χ0) is 31.0. The van der Waals surface area contributed by atoms with Crippen LogP contribution in [0.5, 0.6) is 0 Å². The zero-order valence-electron chi connectivity index (χ0n) is 25.3. The number of hydrogen-bond acceptors (Lipinski definition) is 9. The van der Waals surface area contributed by atoms with Gasteiger partial charge in [-0.05, 0) is 23.0 Å². The Bertz CT molecular complexity index is 1270. The van der Waals surface area contributed by atoms with Crippen LogP contribution in [0.3, 0.4) is 0 Å². The first kappa shape index (κ1) is 32.1. The van der Waals surface area contributed by atoms with Crippen LogP contribution < -0.4 is 16.0 Å². The van der Waals surface area contributed by atoms with Gasteiger partial charge in [-0.2, -0.15) is 0 Å². The lowest BCUT2D eigenvalue weighted by Crippen LogP contribution is -2.60. The molecule has 0 aliphatic carbocycles. The van der Waals surface area contributed by atoms with Crippen molar-refractivity contribution >= 4 is 23.7 Å². The van der Waals surface area contributed by atoms with Crippen molar-refractivity contribution in [2.24, 2.45) is 5.41 Å². The van der Waals surface area contributed by atoms with Crippen molar-refractivity contribution in [3.63, 3.8) is 0 Å². The molecule has 4 rings (SSSR count). The standard InChI is InChI=1S/C30H44N8O5/c1-30(2,3)25-19-36(12-13-38(25)29(42)43)11-9-31-27(40)16-32-26-14-24(34-20-35-26)28(41)33-15-23(39)18-37-10-8-21-6-4-5-7-22(21)17-37/h4-7,14,20,23,25,39H,8-13,15-19H2,1-3H3,(H,31,40)(H,33,41)(H,42,43)(H,32,34,35). The van der Waals surface area contributed by atoms with E-state index in [0.717, 1.165) is 19.5 Å². The number of nitrogens with one attached hydrogen (secondary N) is 3. The first-order valence-corrected chi connectivity index (χ1v) is 14.8. The molecule has 0 spiro atoms. The number of carboxylic acid groups (broad SMARTS) is 1. The number of aliphatic hydroxyl groups excluding tert-OH is 1. The smallest absolute Gasteiger partial charge is 0.407 e. The Morgan fingerprint density at radius 1 is 1.05 bits per heavy atom. The van der Waals surface area contributed by atoms with E-state index < -0.39 is 18.1 Å². The highest BCUT2D eigenvalue weighted by Crippen LogP contribution is 2.27. The van der Waals surface area contributed by atoms with E-state index in [4.69, 9.17) is 0 Å². The van der Waals surface area contributed by atoms with Crippen LogP contribution in [0.2, 0.25) is 0 Å². The van der Waals surface area contributed by atoms with Crippen LogP contribution >= 0.6 is 0 Å². The van der Waals surface area contributed by atoms with Crippen LogP contribution in [-0.2, 0) is 17.8 Å².